The first-order valence-electron chi connectivity index (χ1n) is 8.70. The summed E-state index contributed by atoms with van der Waals surface area (Å²) in [5, 5.41) is 4.59. The predicted molar refractivity (Wildman–Crippen MR) is 99.8 cm³/mol. The third-order valence-corrected chi connectivity index (χ3v) is 7.54. The number of hydrogen-bond acceptors (Lipinski definition) is 5. The summed E-state index contributed by atoms with van der Waals surface area (Å²) in [5.74, 6) is 1.36. The van der Waals surface area contributed by atoms with Crippen LogP contribution in [-0.4, -0.2) is 59.0 Å². The average molecular weight is 331 g/mol. The molecular formula is C18H26N4S. The molecule has 0 bridgehead atoms. The van der Waals surface area contributed by atoms with Gasteiger partial charge >= 0.3 is 0 Å². The number of piperazine rings is 1. The molecule has 0 aromatic heterocycles. The molecule has 3 aliphatic heterocycles. The first-order chi connectivity index (χ1) is 11.1. The zero-order valence-corrected chi connectivity index (χ0v) is 14.7. The van der Waals surface area contributed by atoms with Crippen LogP contribution in [0.25, 0.3) is 0 Å². The van der Waals surface area contributed by atoms with Gasteiger partial charge < -0.3 is 15.1 Å². The van der Waals surface area contributed by atoms with Gasteiger partial charge in [0, 0.05) is 32.9 Å². The Labute approximate surface area is 143 Å². The van der Waals surface area contributed by atoms with E-state index in [1.54, 1.807) is 0 Å². The molecule has 2 saturated heterocycles. The monoisotopic (exact) mass is 330 g/mol. The highest BCUT2D eigenvalue weighted by atomic mass is 32.2. The van der Waals surface area contributed by atoms with Crippen molar-refractivity contribution in [2.75, 3.05) is 38.5 Å². The minimum atomic E-state index is 0. The molecule has 3 heterocycles. The number of nitrogens with zero attached hydrogens (tertiary/aromatic N) is 3. The lowest BCUT2D eigenvalue weighted by atomic mass is 9.96. The van der Waals surface area contributed by atoms with Gasteiger partial charge in [-0.3, -0.25) is 0 Å². The third kappa shape index (κ3) is 1.92. The summed E-state index contributed by atoms with van der Waals surface area (Å²) < 4.78 is 0. The number of amidine groups is 1. The number of hydrogen-bond donors (Lipinski definition) is 1. The number of fused-ring (bicyclic) bond motifs is 1. The summed E-state index contributed by atoms with van der Waals surface area (Å²) in [6.07, 6.45) is 2.48. The van der Waals surface area contributed by atoms with E-state index in [1.807, 2.05) is 0 Å². The largest absolute Gasteiger partial charge is 0.368 e. The number of thioether (sulfide) groups is 1. The molecule has 1 N–H and O–H groups in total. The normalized spacial score (nSPS) is 38.8. The molecule has 1 aliphatic carbocycles. The molecule has 4 nitrogen and oxygen atoms in total. The molecule has 1 saturated carbocycles. The lowest BCUT2D eigenvalue weighted by molar-refractivity contribution is 0.207. The second kappa shape index (κ2) is 4.67. The van der Waals surface area contributed by atoms with Crippen LogP contribution in [-0.2, 0) is 0 Å². The Hall–Kier alpha value is -1.20. The van der Waals surface area contributed by atoms with E-state index in [9.17, 15) is 0 Å². The van der Waals surface area contributed by atoms with Gasteiger partial charge in [-0.25, -0.2) is 4.99 Å². The van der Waals surface area contributed by atoms with Crippen molar-refractivity contribution >= 4 is 29.0 Å². The van der Waals surface area contributed by atoms with Gasteiger partial charge in [-0.2, -0.15) is 0 Å². The van der Waals surface area contributed by atoms with Gasteiger partial charge in [-0.05, 0) is 32.0 Å². The maximum absolute atomic E-state index is 5.22. The van der Waals surface area contributed by atoms with Crippen molar-refractivity contribution < 1.29 is 1.43 Å². The first kappa shape index (κ1) is 14.2. The van der Waals surface area contributed by atoms with E-state index in [0.717, 1.165) is 31.9 Å². The van der Waals surface area contributed by atoms with Gasteiger partial charge in [0.2, 0.25) is 0 Å². The molecule has 5 rings (SSSR count). The van der Waals surface area contributed by atoms with Gasteiger partial charge in [0.25, 0.3) is 0 Å². The van der Waals surface area contributed by atoms with Crippen molar-refractivity contribution in [3.63, 3.8) is 0 Å². The molecule has 1 aromatic carbocycles. The smallest absolute Gasteiger partial charge is 0.115 e. The van der Waals surface area contributed by atoms with Crippen molar-refractivity contribution in [2.24, 2.45) is 10.4 Å². The van der Waals surface area contributed by atoms with Crippen molar-refractivity contribution in [1.29, 1.82) is 0 Å². The van der Waals surface area contributed by atoms with E-state index in [2.05, 4.69) is 65.1 Å². The van der Waals surface area contributed by atoms with E-state index >= 15 is 0 Å². The van der Waals surface area contributed by atoms with Gasteiger partial charge in [0.15, 0.2) is 0 Å². The summed E-state index contributed by atoms with van der Waals surface area (Å²) in [6, 6.07) is 8.56. The fraction of sp³-hybridized carbons (Fsp3) is 0.611. The SMILES string of the molecule is CC1CC23CC2(Nc2ccccc2N=C3N2CCN(C)CC2)S1.[HH]. The van der Waals surface area contributed by atoms with Crippen LogP contribution in [0.15, 0.2) is 29.3 Å². The van der Waals surface area contributed by atoms with E-state index < -0.39 is 0 Å². The zero-order chi connectivity index (χ0) is 15.7. The highest BCUT2D eigenvalue weighted by molar-refractivity contribution is 8.02. The first-order valence-corrected chi connectivity index (χ1v) is 9.58. The van der Waals surface area contributed by atoms with E-state index in [1.165, 1.54) is 24.4 Å². The molecule has 0 radical (unpaired) electrons. The molecular weight excluding hydrogens is 304 g/mol. The summed E-state index contributed by atoms with van der Waals surface area (Å²) >= 11 is 2.13. The number of benzene rings is 1. The number of likely N-dealkylation sites (N-methyl/N-ethyl adjacent to an activating group) is 1. The van der Waals surface area contributed by atoms with Crippen LogP contribution in [0.5, 0.6) is 0 Å². The van der Waals surface area contributed by atoms with Gasteiger partial charge in [0.1, 0.15) is 5.84 Å². The standard InChI is InChI=1S/C18H24N4S.H2/c1-13-11-17-12-18(17,23-13)20-15-6-4-3-5-14(15)19-16(17)22-9-7-21(2)8-10-22;/h3-6,13,20H,7-12H2,1-2H3;1H. The van der Waals surface area contributed by atoms with E-state index in [0.29, 0.717) is 5.25 Å². The Kier molecular flexibility index (Phi) is 2.88. The number of para-hydroxylation sites is 2. The summed E-state index contributed by atoms with van der Waals surface area (Å²) in [4.78, 5) is 10.4. The van der Waals surface area contributed by atoms with Crippen molar-refractivity contribution in [3.05, 3.63) is 24.3 Å². The molecule has 0 spiro atoms. The number of aliphatic imine (C=N–C) groups is 1. The molecule has 3 atom stereocenters. The van der Waals surface area contributed by atoms with Crippen LogP contribution < -0.4 is 5.32 Å². The van der Waals surface area contributed by atoms with Crippen molar-refractivity contribution in [2.45, 2.75) is 29.9 Å². The van der Waals surface area contributed by atoms with Crippen LogP contribution in [0.2, 0.25) is 0 Å². The second-order valence-corrected chi connectivity index (χ2v) is 9.32. The van der Waals surface area contributed by atoms with Crippen LogP contribution >= 0.6 is 11.8 Å². The number of rotatable bonds is 0. The zero-order valence-electron chi connectivity index (χ0n) is 13.9. The van der Waals surface area contributed by atoms with Crippen LogP contribution in [0.4, 0.5) is 11.4 Å². The highest BCUT2D eigenvalue weighted by Gasteiger charge is 2.76. The molecule has 23 heavy (non-hydrogen) atoms. The highest BCUT2D eigenvalue weighted by Crippen LogP contribution is 2.75. The Morgan fingerprint density at radius 1 is 1.26 bits per heavy atom. The van der Waals surface area contributed by atoms with E-state index in [4.69, 9.17) is 4.99 Å². The van der Waals surface area contributed by atoms with Gasteiger partial charge in [0.05, 0.1) is 21.7 Å². The Morgan fingerprint density at radius 3 is 2.87 bits per heavy atom. The molecule has 4 aliphatic rings. The third-order valence-electron chi connectivity index (χ3n) is 5.93. The van der Waals surface area contributed by atoms with Gasteiger partial charge in [-0.15, -0.1) is 11.8 Å². The molecule has 124 valence electrons. The molecule has 0 amide bonds. The Bertz CT molecular complexity index is 687. The van der Waals surface area contributed by atoms with E-state index in [-0.39, 0.29) is 11.7 Å². The average Bonchev–Trinajstić information content (AvgIpc) is 3.05. The van der Waals surface area contributed by atoms with Crippen LogP contribution in [0, 0.1) is 5.41 Å². The topological polar surface area (TPSA) is 30.9 Å². The fourth-order valence-electron chi connectivity index (χ4n) is 4.70. The van der Waals surface area contributed by atoms with Crippen molar-refractivity contribution in [3.8, 4) is 0 Å². The summed E-state index contributed by atoms with van der Waals surface area (Å²) in [7, 11) is 2.22. The number of nitrogens with one attached hydrogen (secondary N) is 1. The fourth-order valence-corrected chi connectivity index (χ4v) is 6.65. The quantitative estimate of drug-likeness (QED) is 0.791. The molecule has 5 heteroatoms. The number of anilines is 1. The second-order valence-electron chi connectivity index (χ2n) is 7.59. The maximum Gasteiger partial charge on any atom is 0.115 e. The Balaban J connectivity index is 0.00000146. The molecule has 3 fully saturated rings. The molecule has 3 unspecified atom stereocenters. The lowest BCUT2D eigenvalue weighted by Crippen LogP contribution is -2.50. The summed E-state index contributed by atoms with van der Waals surface area (Å²) in [5.41, 5.74) is 2.56. The predicted octanol–water partition coefficient (Wildman–Crippen LogP) is 3.25. The maximum atomic E-state index is 5.22. The summed E-state index contributed by atoms with van der Waals surface area (Å²) in [6.45, 7) is 6.86. The Morgan fingerprint density at radius 2 is 2.04 bits per heavy atom. The van der Waals surface area contributed by atoms with Gasteiger partial charge in [-0.1, -0.05) is 19.1 Å². The lowest BCUT2D eigenvalue weighted by Gasteiger charge is -2.37. The van der Waals surface area contributed by atoms with Crippen LogP contribution in [0.3, 0.4) is 0 Å². The van der Waals surface area contributed by atoms with Crippen LogP contribution in [0.1, 0.15) is 21.2 Å². The minimum Gasteiger partial charge on any atom is -0.368 e. The molecule has 1 aromatic rings. The minimum absolute atomic E-state index is 0. The van der Waals surface area contributed by atoms with Crippen molar-refractivity contribution in [1.82, 2.24) is 9.80 Å².